The third-order valence-electron chi connectivity index (χ3n) is 6.53. The van der Waals surface area contributed by atoms with Gasteiger partial charge in [0, 0.05) is 37.9 Å². The molecule has 0 unspecified atom stereocenters. The van der Waals surface area contributed by atoms with Crippen molar-refractivity contribution in [3.05, 3.63) is 18.0 Å². The Morgan fingerprint density at radius 1 is 1.30 bits per heavy atom. The van der Waals surface area contributed by atoms with Crippen molar-refractivity contribution in [3.63, 3.8) is 0 Å². The number of piperidine rings is 1. The van der Waals surface area contributed by atoms with Crippen molar-refractivity contribution in [2.45, 2.75) is 65.6 Å². The second-order valence-electron chi connectivity index (χ2n) is 8.55. The molecule has 3 rings (SSSR count). The second kappa shape index (κ2) is 8.74. The summed E-state index contributed by atoms with van der Waals surface area (Å²) in [5, 5.41) is 4.36. The second-order valence-corrected chi connectivity index (χ2v) is 8.55. The number of carbonyl (C=O) groups excluding carboxylic acids is 1. The number of amides is 1. The number of carbonyl (C=O) groups is 1. The predicted octanol–water partition coefficient (Wildman–Crippen LogP) is 2.45. The molecule has 1 amide bonds. The smallest absolute Gasteiger partial charge is 0.240 e. The van der Waals surface area contributed by atoms with Crippen LogP contribution in [0.5, 0.6) is 0 Å². The molecule has 1 spiro atoms. The molecule has 27 heavy (non-hydrogen) atoms. The Kier molecular flexibility index (Phi) is 6.58. The molecule has 6 nitrogen and oxygen atoms in total. The molecular weight excluding hydrogens is 338 g/mol. The number of aryl methyl sites for hydroxylation is 1. The van der Waals surface area contributed by atoms with Crippen molar-refractivity contribution >= 4 is 5.91 Å². The summed E-state index contributed by atoms with van der Waals surface area (Å²) < 4.78 is 1.93. The molecule has 0 radical (unpaired) electrons. The van der Waals surface area contributed by atoms with Gasteiger partial charge in [-0.1, -0.05) is 6.92 Å². The van der Waals surface area contributed by atoms with Crippen molar-refractivity contribution in [2.75, 3.05) is 39.8 Å². The molecule has 0 aliphatic carbocycles. The Morgan fingerprint density at radius 3 is 2.63 bits per heavy atom. The fraction of sp³-hybridized carbons (Fsp3) is 0.810. The molecule has 1 aromatic rings. The minimum atomic E-state index is 0.0505. The third-order valence-corrected chi connectivity index (χ3v) is 6.53. The number of likely N-dealkylation sites (tertiary alicyclic amines) is 2. The lowest BCUT2D eigenvalue weighted by molar-refractivity contribution is -0.136. The lowest BCUT2D eigenvalue weighted by Crippen LogP contribution is -2.45. The highest BCUT2D eigenvalue weighted by molar-refractivity contribution is 5.82. The topological polar surface area (TPSA) is 44.6 Å². The number of likely N-dealkylation sites (N-methyl/N-ethyl adjacent to an activating group) is 1. The van der Waals surface area contributed by atoms with Crippen molar-refractivity contribution < 1.29 is 4.79 Å². The van der Waals surface area contributed by atoms with E-state index in [-0.39, 0.29) is 6.04 Å². The quantitative estimate of drug-likeness (QED) is 0.734. The predicted molar refractivity (Wildman–Crippen MR) is 108 cm³/mol. The van der Waals surface area contributed by atoms with Crippen LogP contribution in [0.25, 0.3) is 0 Å². The van der Waals surface area contributed by atoms with Gasteiger partial charge in [-0.2, -0.15) is 5.10 Å². The van der Waals surface area contributed by atoms with Gasteiger partial charge in [0.15, 0.2) is 0 Å². The van der Waals surface area contributed by atoms with Crippen molar-refractivity contribution in [2.24, 2.45) is 5.41 Å². The maximum Gasteiger partial charge on any atom is 0.240 e. The van der Waals surface area contributed by atoms with E-state index in [2.05, 4.69) is 48.9 Å². The molecule has 1 aromatic heterocycles. The molecule has 2 aliphatic heterocycles. The first-order valence-electron chi connectivity index (χ1n) is 10.7. The summed E-state index contributed by atoms with van der Waals surface area (Å²) >= 11 is 0. The van der Waals surface area contributed by atoms with E-state index in [1.54, 1.807) is 0 Å². The summed E-state index contributed by atoms with van der Waals surface area (Å²) in [5.41, 5.74) is 1.47. The van der Waals surface area contributed by atoms with Gasteiger partial charge in [-0.3, -0.25) is 14.4 Å². The molecule has 152 valence electrons. The summed E-state index contributed by atoms with van der Waals surface area (Å²) in [4.78, 5) is 20.4. The fourth-order valence-corrected chi connectivity index (χ4v) is 4.80. The first-order chi connectivity index (χ1) is 13.0. The molecule has 6 heteroatoms. The highest BCUT2D eigenvalue weighted by atomic mass is 16.2. The van der Waals surface area contributed by atoms with Crippen LogP contribution in [0.2, 0.25) is 0 Å². The van der Waals surface area contributed by atoms with Gasteiger partial charge in [-0.15, -0.1) is 0 Å². The summed E-state index contributed by atoms with van der Waals surface area (Å²) in [6.45, 7) is 13.1. The van der Waals surface area contributed by atoms with Gasteiger partial charge in [-0.25, -0.2) is 0 Å². The Balaban J connectivity index is 1.71. The molecule has 3 heterocycles. The van der Waals surface area contributed by atoms with Gasteiger partial charge >= 0.3 is 0 Å². The minimum Gasteiger partial charge on any atom is -0.337 e. The van der Waals surface area contributed by atoms with Crippen LogP contribution in [0.4, 0.5) is 0 Å². The van der Waals surface area contributed by atoms with Gasteiger partial charge in [0.25, 0.3) is 0 Å². The molecule has 2 saturated heterocycles. The summed E-state index contributed by atoms with van der Waals surface area (Å²) in [7, 11) is 2.21. The Labute approximate surface area is 164 Å². The number of rotatable bonds is 7. The standard InChI is InChI=1S/C21H37N5O/c1-5-10-25-17-21(8-11-23(4)12-9-21)13-19(25)20(27)24(6-2)15-18-14-22-26(7-3)16-18/h14,16,19H,5-13,15,17H2,1-4H3/t19-/m0/s1. The van der Waals surface area contributed by atoms with Crippen LogP contribution in [0, 0.1) is 5.41 Å². The SMILES string of the molecule is CCCN1CC2(CCN(C)CC2)C[C@H]1C(=O)N(CC)Cc1cnn(CC)c1. The van der Waals surface area contributed by atoms with Crippen LogP contribution < -0.4 is 0 Å². The van der Waals surface area contributed by atoms with Gasteiger partial charge < -0.3 is 9.80 Å². The summed E-state index contributed by atoms with van der Waals surface area (Å²) in [5.74, 6) is 0.311. The third kappa shape index (κ3) is 4.54. The van der Waals surface area contributed by atoms with E-state index in [1.807, 2.05) is 15.8 Å². The van der Waals surface area contributed by atoms with Crippen molar-refractivity contribution in [1.29, 1.82) is 0 Å². The zero-order valence-corrected chi connectivity index (χ0v) is 17.7. The van der Waals surface area contributed by atoms with Crippen LogP contribution in [0.1, 0.15) is 52.0 Å². The molecule has 0 saturated carbocycles. The van der Waals surface area contributed by atoms with Crippen LogP contribution in [0.15, 0.2) is 12.4 Å². The van der Waals surface area contributed by atoms with E-state index < -0.39 is 0 Å². The largest absolute Gasteiger partial charge is 0.337 e. The number of aromatic nitrogens is 2. The Hall–Kier alpha value is -1.40. The fourth-order valence-electron chi connectivity index (χ4n) is 4.80. The minimum absolute atomic E-state index is 0.0505. The number of hydrogen-bond acceptors (Lipinski definition) is 4. The van der Waals surface area contributed by atoms with Crippen LogP contribution in [-0.4, -0.2) is 76.2 Å². The molecule has 2 fully saturated rings. The number of hydrogen-bond donors (Lipinski definition) is 0. The van der Waals surface area contributed by atoms with Gasteiger partial charge in [-0.05, 0) is 71.6 Å². The highest BCUT2D eigenvalue weighted by Crippen LogP contribution is 2.43. The van der Waals surface area contributed by atoms with E-state index in [0.717, 1.165) is 57.7 Å². The van der Waals surface area contributed by atoms with Crippen LogP contribution in [-0.2, 0) is 17.9 Å². The maximum atomic E-state index is 13.5. The monoisotopic (exact) mass is 375 g/mol. The average molecular weight is 376 g/mol. The Morgan fingerprint density at radius 2 is 2.04 bits per heavy atom. The first kappa shape index (κ1) is 20.3. The van der Waals surface area contributed by atoms with Crippen LogP contribution >= 0.6 is 0 Å². The van der Waals surface area contributed by atoms with Crippen molar-refractivity contribution in [1.82, 2.24) is 24.5 Å². The van der Waals surface area contributed by atoms with Crippen molar-refractivity contribution in [3.8, 4) is 0 Å². The molecule has 0 aromatic carbocycles. The highest BCUT2D eigenvalue weighted by Gasteiger charge is 2.48. The first-order valence-corrected chi connectivity index (χ1v) is 10.7. The molecular formula is C21H37N5O. The van der Waals surface area contributed by atoms with Gasteiger partial charge in [0.2, 0.25) is 5.91 Å². The van der Waals surface area contributed by atoms with E-state index in [4.69, 9.17) is 0 Å². The Bertz CT molecular complexity index is 620. The van der Waals surface area contributed by atoms with E-state index >= 15 is 0 Å². The molecule has 0 bridgehead atoms. The zero-order valence-electron chi connectivity index (χ0n) is 17.7. The van der Waals surface area contributed by atoms with Crippen LogP contribution in [0.3, 0.4) is 0 Å². The summed E-state index contributed by atoms with van der Waals surface area (Å²) in [6.07, 6.45) is 8.55. The average Bonchev–Trinajstić information content (AvgIpc) is 3.27. The molecule has 2 aliphatic rings. The van der Waals surface area contributed by atoms with E-state index in [0.29, 0.717) is 17.9 Å². The summed E-state index contributed by atoms with van der Waals surface area (Å²) in [6, 6.07) is 0.0505. The lowest BCUT2D eigenvalue weighted by atomic mass is 9.76. The lowest BCUT2D eigenvalue weighted by Gasteiger charge is -2.37. The van der Waals surface area contributed by atoms with E-state index in [1.165, 1.54) is 12.8 Å². The zero-order chi connectivity index (χ0) is 19.4. The molecule has 1 atom stereocenters. The van der Waals surface area contributed by atoms with Gasteiger partial charge in [0.1, 0.15) is 0 Å². The molecule has 0 N–H and O–H groups in total. The van der Waals surface area contributed by atoms with E-state index in [9.17, 15) is 4.79 Å². The van der Waals surface area contributed by atoms with Gasteiger partial charge in [0.05, 0.1) is 12.2 Å². The normalized spacial score (nSPS) is 23.2. The maximum absolute atomic E-state index is 13.5. The number of nitrogens with zero attached hydrogens (tertiary/aromatic N) is 5.